The minimum Gasteiger partial charge on any atom is -0.457 e. The van der Waals surface area contributed by atoms with E-state index in [0.29, 0.717) is 6.61 Å². The van der Waals surface area contributed by atoms with Crippen LogP contribution in [0.2, 0.25) is 0 Å². The van der Waals surface area contributed by atoms with Crippen molar-refractivity contribution in [3.05, 3.63) is 0 Å². The van der Waals surface area contributed by atoms with Crippen LogP contribution < -0.4 is 0 Å². The Bertz CT molecular complexity index is 567. The minimum absolute atomic E-state index is 0.271. The molecule has 2 aliphatic carbocycles. The lowest BCUT2D eigenvalue weighted by Crippen LogP contribution is -2.46. The number of ether oxygens (including phenoxy) is 6. The zero-order valence-corrected chi connectivity index (χ0v) is 16.0. The summed E-state index contributed by atoms with van der Waals surface area (Å²) >= 11 is 0. The summed E-state index contributed by atoms with van der Waals surface area (Å²) in [5.41, 5.74) is 0. The Labute approximate surface area is 159 Å². The molecule has 27 heavy (non-hydrogen) atoms. The summed E-state index contributed by atoms with van der Waals surface area (Å²) in [6, 6.07) is 0. The van der Waals surface area contributed by atoms with Crippen molar-refractivity contribution in [2.24, 2.45) is 0 Å². The molecule has 0 N–H and O–H groups in total. The van der Waals surface area contributed by atoms with Gasteiger partial charge in [0, 0.05) is 32.6 Å². The molecule has 2 spiro atoms. The summed E-state index contributed by atoms with van der Waals surface area (Å²) in [4.78, 5) is 11.8. The first-order valence-corrected chi connectivity index (χ1v) is 10.6. The normalized spacial score (nSPS) is 42.5. The molecule has 7 nitrogen and oxygen atoms in total. The number of carbonyl (C=O) groups is 1. The van der Waals surface area contributed by atoms with Crippen LogP contribution >= 0.6 is 0 Å². The van der Waals surface area contributed by atoms with Gasteiger partial charge in [0.1, 0.15) is 12.2 Å². The maximum absolute atomic E-state index is 11.8. The van der Waals surface area contributed by atoms with Gasteiger partial charge in [-0.25, -0.2) is 0 Å². The third-order valence-corrected chi connectivity index (χ3v) is 6.66. The third kappa shape index (κ3) is 3.31. The van der Waals surface area contributed by atoms with Gasteiger partial charge in [0.15, 0.2) is 30.1 Å². The molecule has 5 atom stereocenters. The van der Waals surface area contributed by atoms with Crippen LogP contribution in [0.15, 0.2) is 0 Å². The third-order valence-electron chi connectivity index (χ3n) is 6.66. The number of fused-ring (bicyclic) bond motifs is 1. The largest absolute Gasteiger partial charge is 0.457 e. The van der Waals surface area contributed by atoms with Crippen molar-refractivity contribution >= 4 is 5.97 Å². The van der Waals surface area contributed by atoms with Crippen molar-refractivity contribution in [2.75, 3.05) is 6.61 Å². The molecule has 0 aromatic rings. The molecule has 5 aliphatic rings. The molecule has 0 amide bonds. The second-order valence-electron chi connectivity index (χ2n) is 8.65. The molecule has 3 heterocycles. The van der Waals surface area contributed by atoms with Crippen molar-refractivity contribution < 1.29 is 33.2 Å². The molecule has 0 radical (unpaired) electrons. The highest BCUT2D eigenvalue weighted by Gasteiger charge is 2.62. The Hall–Kier alpha value is -0.730. The molecule has 5 fully saturated rings. The molecule has 152 valence electrons. The van der Waals surface area contributed by atoms with Crippen LogP contribution in [-0.4, -0.2) is 54.9 Å². The highest BCUT2D eigenvalue weighted by Crippen LogP contribution is 2.48. The molecule has 3 aliphatic heterocycles. The van der Waals surface area contributed by atoms with E-state index in [1.807, 2.05) is 0 Å². The van der Waals surface area contributed by atoms with Crippen LogP contribution in [0, 0.1) is 0 Å². The lowest BCUT2D eigenvalue weighted by Gasteiger charge is -2.35. The molecule has 0 aromatic carbocycles. The zero-order valence-electron chi connectivity index (χ0n) is 16.0. The first-order valence-electron chi connectivity index (χ1n) is 10.6. The van der Waals surface area contributed by atoms with Gasteiger partial charge in [-0.2, -0.15) is 0 Å². The summed E-state index contributed by atoms with van der Waals surface area (Å²) in [5.74, 6) is -1.40. The molecule has 0 aromatic heterocycles. The molecule has 0 unspecified atom stereocenters. The summed E-state index contributed by atoms with van der Waals surface area (Å²) in [6.07, 6.45) is 8.27. The SMILES string of the molecule is CC(=O)O[C@@H]1[C@H]2OC3(CCCCC3)O[C@H]2O[C@@H]1[C@@H]1COC2(CCCCC2)O1. The highest BCUT2D eigenvalue weighted by atomic mass is 16.9. The van der Waals surface area contributed by atoms with Crippen molar-refractivity contribution in [3.8, 4) is 0 Å². The Morgan fingerprint density at radius 3 is 2.19 bits per heavy atom. The summed E-state index contributed by atoms with van der Waals surface area (Å²) in [7, 11) is 0. The van der Waals surface area contributed by atoms with Gasteiger partial charge in [0.25, 0.3) is 0 Å². The number of rotatable bonds is 2. The quantitative estimate of drug-likeness (QED) is 0.680. The van der Waals surface area contributed by atoms with Gasteiger partial charge >= 0.3 is 5.97 Å². The van der Waals surface area contributed by atoms with E-state index in [2.05, 4.69) is 0 Å². The van der Waals surface area contributed by atoms with E-state index in [4.69, 9.17) is 28.4 Å². The van der Waals surface area contributed by atoms with Gasteiger partial charge in [0.2, 0.25) is 0 Å². The fourth-order valence-corrected chi connectivity index (χ4v) is 5.40. The average molecular weight is 382 g/mol. The predicted molar refractivity (Wildman–Crippen MR) is 92.6 cm³/mol. The van der Waals surface area contributed by atoms with Gasteiger partial charge in [-0.1, -0.05) is 12.8 Å². The second-order valence-corrected chi connectivity index (χ2v) is 8.65. The highest BCUT2D eigenvalue weighted by molar-refractivity contribution is 5.66. The van der Waals surface area contributed by atoms with Crippen molar-refractivity contribution in [1.29, 1.82) is 0 Å². The van der Waals surface area contributed by atoms with Crippen molar-refractivity contribution in [1.82, 2.24) is 0 Å². The van der Waals surface area contributed by atoms with E-state index in [1.165, 1.54) is 19.8 Å². The predicted octanol–water partition coefficient (Wildman–Crippen LogP) is 2.79. The fourth-order valence-electron chi connectivity index (χ4n) is 5.40. The van der Waals surface area contributed by atoms with E-state index in [0.717, 1.165) is 51.4 Å². The van der Waals surface area contributed by atoms with Crippen molar-refractivity contribution in [2.45, 2.75) is 113 Å². The number of hydrogen-bond donors (Lipinski definition) is 0. The maximum Gasteiger partial charge on any atom is 0.303 e. The summed E-state index contributed by atoms with van der Waals surface area (Å²) < 4.78 is 36.8. The van der Waals surface area contributed by atoms with E-state index in [9.17, 15) is 4.79 Å². The summed E-state index contributed by atoms with van der Waals surface area (Å²) in [5, 5.41) is 0. The van der Waals surface area contributed by atoms with Gasteiger partial charge in [-0.15, -0.1) is 0 Å². The minimum atomic E-state index is -0.575. The lowest BCUT2D eigenvalue weighted by molar-refractivity contribution is -0.261. The van der Waals surface area contributed by atoms with Crippen LogP contribution in [0.5, 0.6) is 0 Å². The Morgan fingerprint density at radius 2 is 1.52 bits per heavy atom. The molecule has 2 saturated carbocycles. The Kier molecular flexibility index (Phi) is 4.71. The number of carbonyl (C=O) groups excluding carboxylic acids is 1. The Balaban J connectivity index is 1.31. The smallest absolute Gasteiger partial charge is 0.303 e. The van der Waals surface area contributed by atoms with Crippen molar-refractivity contribution in [3.63, 3.8) is 0 Å². The van der Waals surface area contributed by atoms with Gasteiger partial charge in [-0.3, -0.25) is 4.79 Å². The van der Waals surface area contributed by atoms with Crippen LogP contribution in [0.1, 0.15) is 71.1 Å². The molecule has 0 bridgehead atoms. The molecule has 7 heteroatoms. The fraction of sp³-hybridized carbons (Fsp3) is 0.950. The van der Waals surface area contributed by atoms with Gasteiger partial charge in [0.05, 0.1) is 6.61 Å². The Morgan fingerprint density at radius 1 is 0.852 bits per heavy atom. The zero-order chi connectivity index (χ0) is 18.5. The molecular formula is C20H30O7. The molecule has 3 saturated heterocycles. The first kappa shape index (κ1) is 18.3. The average Bonchev–Trinajstić information content (AvgIpc) is 3.29. The van der Waals surface area contributed by atoms with Gasteiger partial charge in [-0.05, 0) is 25.7 Å². The number of hydrogen-bond acceptors (Lipinski definition) is 7. The maximum atomic E-state index is 11.8. The van der Waals surface area contributed by atoms with Crippen LogP contribution in [0.4, 0.5) is 0 Å². The van der Waals surface area contributed by atoms with Crippen LogP contribution in [0.3, 0.4) is 0 Å². The lowest BCUT2D eigenvalue weighted by atomic mass is 9.94. The van der Waals surface area contributed by atoms with E-state index in [1.54, 1.807) is 0 Å². The van der Waals surface area contributed by atoms with Gasteiger partial charge < -0.3 is 28.4 Å². The summed E-state index contributed by atoms with van der Waals surface area (Å²) in [6.45, 7) is 1.87. The molecule has 5 rings (SSSR count). The van der Waals surface area contributed by atoms with Crippen LogP contribution in [-0.2, 0) is 33.2 Å². The second kappa shape index (κ2) is 6.95. The monoisotopic (exact) mass is 382 g/mol. The topological polar surface area (TPSA) is 72.5 Å². The molecular weight excluding hydrogens is 352 g/mol. The standard InChI is InChI=1S/C20H30O7/c1-13(21)23-16-15(14-12-22-19(25-14)8-4-2-5-9-19)24-18-17(16)26-20(27-18)10-6-3-7-11-20/h14-18H,2-12H2,1H3/t14-,15+,16-,17+,18+/m0/s1. The van der Waals surface area contributed by atoms with E-state index < -0.39 is 36.2 Å². The van der Waals surface area contributed by atoms with Crippen LogP contribution in [0.25, 0.3) is 0 Å². The first-order chi connectivity index (χ1) is 13.1. The van der Waals surface area contributed by atoms with E-state index in [-0.39, 0.29) is 12.1 Å². The van der Waals surface area contributed by atoms with E-state index >= 15 is 0 Å². The number of esters is 1.